The lowest BCUT2D eigenvalue weighted by atomic mass is 10.0. The van der Waals surface area contributed by atoms with Crippen molar-refractivity contribution >= 4 is 17.9 Å². The lowest BCUT2D eigenvalue weighted by molar-refractivity contribution is -0.889. The number of carboxylic acid groups (broad SMARTS) is 1. The normalized spacial score (nSPS) is 13.2. The van der Waals surface area contributed by atoms with E-state index < -0.39 is 18.1 Å². The number of ether oxygens (including phenoxy) is 3. The minimum absolute atomic E-state index is 0.0393. The zero-order valence-corrected chi connectivity index (χ0v) is 38.5. The van der Waals surface area contributed by atoms with Crippen LogP contribution < -0.4 is 5.11 Å². The van der Waals surface area contributed by atoms with Gasteiger partial charge in [0, 0.05) is 19.3 Å². The van der Waals surface area contributed by atoms with Gasteiger partial charge in [0.15, 0.2) is 6.10 Å². The Bertz CT molecular complexity index is 1050. The molecule has 0 aromatic rings. The smallest absolute Gasteiger partial charge is 0.306 e. The second-order valence-corrected chi connectivity index (χ2v) is 17.3. The highest BCUT2D eigenvalue weighted by atomic mass is 16.6. The maximum Gasteiger partial charge on any atom is 0.306 e. The maximum atomic E-state index is 12.7. The number of rotatable bonds is 43. The highest BCUT2D eigenvalue weighted by Gasteiger charge is 2.25. The summed E-state index contributed by atoms with van der Waals surface area (Å²) in [6.45, 7) is 4.57. The number of carbonyl (C=O) groups is 3. The Labute approximate surface area is 357 Å². The van der Waals surface area contributed by atoms with Gasteiger partial charge >= 0.3 is 11.9 Å². The predicted octanol–water partition coefficient (Wildman–Crippen LogP) is 12.1. The zero-order valence-electron chi connectivity index (χ0n) is 38.5. The molecule has 0 N–H and O–H groups in total. The molecule has 0 fully saturated rings. The molecular formula is C50H91NO7. The quantitative estimate of drug-likeness (QED) is 0.0261. The van der Waals surface area contributed by atoms with Crippen LogP contribution in [0.5, 0.6) is 0 Å². The number of carboxylic acids is 1. The number of allylic oxidation sites excluding steroid dienone is 6. The molecule has 0 aromatic heterocycles. The van der Waals surface area contributed by atoms with Crippen molar-refractivity contribution in [3.05, 3.63) is 36.5 Å². The molecule has 0 amide bonds. The standard InChI is InChI=1S/C50H91NO7/c1-6-8-10-12-14-16-18-20-22-24-26-28-30-32-34-36-38-40-48(52)57-45-46(44-56-43-42-47(50(54)55)51(3,4)5)58-49(53)41-39-37-35-33-31-29-27-25-23-21-19-17-15-13-11-9-7-2/h9,11,15,17,21,23,46-47H,6-8,10,12-14,16,18-20,22,24-45H2,1-5H3/b11-9-,17-15-,23-21-. The lowest BCUT2D eigenvalue weighted by Crippen LogP contribution is -2.55. The summed E-state index contributed by atoms with van der Waals surface area (Å²) in [5.41, 5.74) is 0. The van der Waals surface area contributed by atoms with Crippen LogP contribution in [-0.2, 0) is 28.6 Å². The minimum Gasteiger partial charge on any atom is -0.544 e. The third-order valence-corrected chi connectivity index (χ3v) is 10.8. The first-order valence-electron chi connectivity index (χ1n) is 24.0. The molecule has 2 atom stereocenters. The molecule has 8 nitrogen and oxygen atoms in total. The van der Waals surface area contributed by atoms with Gasteiger partial charge in [0.25, 0.3) is 0 Å². The van der Waals surface area contributed by atoms with Gasteiger partial charge in [-0.2, -0.15) is 0 Å². The summed E-state index contributed by atoms with van der Waals surface area (Å²) in [4.78, 5) is 36.9. The number of unbranched alkanes of at least 4 members (excludes halogenated alkanes) is 23. The maximum absolute atomic E-state index is 12.7. The highest BCUT2D eigenvalue weighted by Crippen LogP contribution is 2.16. The molecule has 58 heavy (non-hydrogen) atoms. The summed E-state index contributed by atoms with van der Waals surface area (Å²) < 4.78 is 17.2. The minimum atomic E-state index is -1.13. The number of hydrogen-bond acceptors (Lipinski definition) is 7. The summed E-state index contributed by atoms with van der Waals surface area (Å²) in [6.07, 6.45) is 47.4. The average molecular weight is 818 g/mol. The van der Waals surface area contributed by atoms with Crippen molar-refractivity contribution < 1.29 is 38.2 Å². The molecular weight excluding hydrogens is 727 g/mol. The Balaban J connectivity index is 4.28. The van der Waals surface area contributed by atoms with Crippen molar-refractivity contribution in [3.63, 3.8) is 0 Å². The van der Waals surface area contributed by atoms with Gasteiger partial charge < -0.3 is 28.6 Å². The molecule has 0 bridgehead atoms. The van der Waals surface area contributed by atoms with Crippen LogP contribution in [0.15, 0.2) is 36.5 Å². The van der Waals surface area contributed by atoms with Crippen LogP contribution in [0.4, 0.5) is 0 Å². The first kappa shape index (κ1) is 55.5. The van der Waals surface area contributed by atoms with E-state index in [2.05, 4.69) is 50.3 Å². The number of hydrogen-bond donors (Lipinski definition) is 0. The number of nitrogens with zero attached hydrogens (tertiary/aromatic N) is 1. The molecule has 0 radical (unpaired) electrons. The summed E-state index contributed by atoms with van der Waals surface area (Å²) in [5.74, 6) is -1.74. The molecule has 0 aliphatic heterocycles. The molecule has 0 saturated heterocycles. The molecule has 0 saturated carbocycles. The van der Waals surface area contributed by atoms with Crippen LogP contribution in [-0.4, -0.2) is 75.5 Å². The molecule has 338 valence electrons. The lowest BCUT2D eigenvalue weighted by Gasteiger charge is -2.34. The van der Waals surface area contributed by atoms with Gasteiger partial charge in [-0.05, 0) is 44.9 Å². The first-order chi connectivity index (χ1) is 28.1. The molecule has 0 aliphatic carbocycles. The van der Waals surface area contributed by atoms with Gasteiger partial charge in [-0.25, -0.2) is 0 Å². The largest absolute Gasteiger partial charge is 0.544 e. The fourth-order valence-electron chi connectivity index (χ4n) is 7.09. The van der Waals surface area contributed by atoms with Gasteiger partial charge in [-0.15, -0.1) is 0 Å². The van der Waals surface area contributed by atoms with E-state index in [0.29, 0.717) is 12.8 Å². The molecule has 0 rings (SSSR count). The van der Waals surface area contributed by atoms with Crippen LogP contribution in [0.2, 0.25) is 0 Å². The number of quaternary nitrogens is 1. The van der Waals surface area contributed by atoms with E-state index in [0.717, 1.165) is 64.2 Å². The van der Waals surface area contributed by atoms with Gasteiger partial charge in [0.05, 0.1) is 40.3 Å². The Morgan fingerprint density at radius 3 is 1.43 bits per heavy atom. The van der Waals surface area contributed by atoms with E-state index in [1.165, 1.54) is 116 Å². The summed E-state index contributed by atoms with van der Waals surface area (Å²) in [5, 5.41) is 11.6. The third kappa shape index (κ3) is 39.0. The van der Waals surface area contributed by atoms with Gasteiger partial charge in [0.2, 0.25) is 0 Å². The fraction of sp³-hybridized carbons (Fsp3) is 0.820. The van der Waals surface area contributed by atoms with Gasteiger partial charge in [-0.3, -0.25) is 9.59 Å². The Morgan fingerprint density at radius 1 is 0.534 bits per heavy atom. The average Bonchev–Trinajstić information content (AvgIpc) is 3.18. The van der Waals surface area contributed by atoms with Gasteiger partial charge in [0.1, 0.15) is 12.6 Å². The number of likely N-dealkylation sites (N-methyl/N-ethyl adjacent to an activating group) is 1. The Morgan fingerprint density at radius 2 is 0.966 bits per heavy atom. The van der Waals surface area contributed by atoms with E-state index >= 15 is 0 Å². The Hall–Kier alpha value is -2.45. The molecule has 2 unspecified atom stereocenters. The van der Waals surface area contributed by atoms with Crippen molar-refractivity contribution in [1.82, 2.24) is 0 Å². The van der Waals surface area contributed by atoms with Gasteiger partial charge in [-0.1, -0.05) is 185 Å². The fourth-order valence-corrected chi connectivity index (χ4v) is 7.09. The SMILES string of the molecule is CC/C=C\C/C=C\C/C=C\CCCCCCCCCC(=O)OC(COCCC(C(=O)[O-])[N+](C)(C)C)COC(=O)CCCCCCCCCCCCCCCCCCC. The van der Waals surface area contributed by atoms with Crippen LogP contribution in [0, 0.1) is 0 Å². The van der Waals surface area contributed by atoms with Crippen molar-refractivity contribution in [1.29, 1.82) is 0 Å². The van der Waals surface area contributed by atoms with E-state index in [1.54, 1.807) is 21.1 Å². The topological polar surface area (TPSA) is 102 Å². The van der Waals surface area contributed by atoms with Crippen LogP contribution >= 0.6 is 0 Å². The van der Waals surface area contributed by atoms with E-state index in [9.17, 15) is 19.5 Å². The summed E-state index contributed by atoms with van der Waals surface area (Å²) >= 11 is 0. The molecule has 0 aromatic carbocycles. The number of aliphatic carboxylic acids is 1. The van der Waals surface area contributed by atoms with Crippen LogP contribution in [0.25, 0.3) is 0 Å². The summed E-state index contributed by atoms with van der Waals surface area (Å²) in [7, 11) is 5.41. The Kier molecular flexibility index (Phi) is 39.5. The van der Waals surface area contributed by atoms with Crippen molar-refractivity contribution in [3.8, 4) is 0 Å². The van der Waals surface area contributed by atoms with Crippen LogP contribution in [0.3, 0.4) is 0 Å². The number of esters is 2. The molecule has 0 heterocycles. The molecule has 8 heteroatoms. The van der Waals surface area contributed by atoms with Crippen molar-refractivity contribution in [2.45, 2.75) is 225 Å². The molecule has 0 spiro atoms. The second-order valence-electron chi connectivity index (χ2n) is 17.3. The predicted molar refractivity (Wildman–Crippen MR) is 240 cm³/mol. The summed E-state index contributed by atoms with van der Waals surface area (Å²) in [6, 6.07) is -0.726. The van der Waals surface area contributed by atoms with E-state index in [4.69, 9.17) is 14.2 Å². The third-order valence-electron chi connectivity index (χ3n) is 10.8. The zero-order chi connectivity index (χ0) is 42.8. The number of carbonyl (C=O) groups excluding carboxylic acids is 3. The van der Waals surface area contributed by atoms with Crippen molar-refractivity contribution in [2.75, 3.05) is 41.0 Å². The first-order valence-corrected chi connectivity index (χ1v) is 24.0. The molecule has 0 aliphatic rings. The van der Waals surface area contributed by atoms with E-state index in [-0.39, 0.29) is 42.7 Å². The van der Waals surface area contributed by atoms with E-state index in [1.807, 2.05) is 0 Å². The highest BCUT2D eigenvalue weighted by molar-refractivity contribution is 5.70. The monoisotopic (exact) mass is 818 g/mol. The van der Waals surface area contributed by atoms with Crippen LogP contribution in [0.1, 0.15) is 213 Å². The van der Waals surface area contributed by atoms with Crippen molar-refractivity contribution in [2.24, 2.45) is 0 Å². The second kappa shape index (κ2) is 41.3.